The predicted molar refractivity (Wildman–Crippen MR) is 101 cm³/mol. The van der Waals surface area contributed by atoms with E-state index in [1.165, 1.54) is 22.5 Å². The Morgan fingerprint density at radius 1 is 0.920 bits per heavy atom. The molecule has 25 heavy (non-hydrogen) atoms. The van der Waals surface area contributed by atoms with Crippen LogP contribution >= 0.6 is 0 Å². The number of anilines is 4. The first-order valence-electron chi connectivity index (χ1n) is 8.87. The molecule has 4 nitrogen and oxygen atoms in total. The second-order valence-electron chi connectivity index (χ2n) is 6.80. The topological polar surface area (TPSA) is 32.3 Å². The fraction of sp³-hybridized carbons (Fsp3) is 0.238. The molecule has 1 aromatic heterocycles. The number of rotatable bonds is 2. The van der Waals surface area contributed by atoms with E-state index >= 15 is 0 Å². The average Bonchev–Trinajstić information content (AvgIpc) is 3.22. The summed E-state index contributed by atoms with van der Waals surface area (Å²) in [5.41, 5.74) is 5.26. The van der Waals surface area contributed by atoms with E-state index < -0.39 is 0 Å². The molecule has 3 aromatic rings. The van der Waals surface area contributed by atoms with Crippen LogP contribution in [0.2, 0.25) is 0 Å². The first-order chi connectivity index (χ1) is 12.3. The number of nitrogens with zero attached hydrogens (tertiary/aromatic N) is 4. The van der Waals surface area contributed by atoms with Gasteiger partial charge in [0.1, 0.15) is 5.82 Å². The quantitative estimate of drug-likeness (QED) is 0.704. The van der Waals surface area contributed by atoms with Crippen molar-refractivity contribution in [1.82, 2.24) is 9.97 Å². The number of hydrogen-bond donors (Lipinski definition) is 0. The summed E-state index contributed by atoms with van der Waals surface area (Å²) in [7, 11) is 0. The minimum Gasteiger partial charge on any atom is -0.326 e. The minimum atomic E-state index is 0.374. The smallest absolute Gasteiger partial charge is 0.232 e. The number of benzene rings is 2. The Morgan fingerprint density at radius 2 is 1.68 bits per heavy atom. The third-order valence-corrected chi connectivity index (χ3v) is 5.21. The van der Waals surface area contributed by atoms with Crippen LogP contribution in [0.1, 0.15) is 18.1 Å². The van der Waals surface area contributed by atoms with Gasteiger partial charge in [-0.1, -0.05) is 36.4 Å². The summed E-state index contributed by atoms with van der Waals surface area (Å²) < 4.78 is 0. The normalized spacial score (nSPS) is 18.4. The lowest BCUT2D eigenvalue weighted by Gasteiger charge is -2.25. The summed E-state index contributed by atoms with van der Waals surface area (Å²) >= 11 is 0. The fourth-order valence-corrected chi connectivity index (χ4v) is 4.05. The third kappa shape index (κ3) is 2.29. The molecule has 3 heterocycles. The van der Waals surface area contributed by atoms with Crippen LogP contribution in [0.15, 0.2) is 60.8 Å². The fourth-order valence-electron chi connectivity index (χ4n) is 4.05. The van der Waals surface area contributed by atoms with Gasteiger partial charge in [0, 0.05) is 30.2 Å². The molecule has 124 valence electrons. The van der Waals surface area contributed by atoms with Crippen molar-refractivity contribution in [2.24, 2.45) is 0 Å². The van der Waals surface area contributed by atoms with Crippen molar-refractivity contribution < 1.29 is 0 Å². The molecular formula is C21H20N4. The van der Waals surface area contributed by atoms with Crippen LogP contribution in [-0.2, 0) is 12.8 Å². The van der Waals surface area contributed by atoms with E-state index in [9.17, 15) is 0 Å². The molecule has 0 amide bonds. The number of aromatic nitrogens is 2. The molecule has 0 bridgehead atoms. The van der Waals surface area contributed by atoms with Gasteiger partial charge in [0.2, 0.25) is 5.95 Å². The number of hydrogen-bond acceptors (Lipinski definition) is 4. The van der Waals surface area contributed by atoms with Crippen molar-refractivity contribution in [3.63, 3.8) is 0 Å². The Bertz CT molecular complexity index is 936. The van der Waals surface area contributed by atoms with Crippen LogP contribution in [0, 0.1) is 0 Å². The molecule has 0 radical (unpaired) electrons. The standard InChI is InChI=1S/C21H20N4/c1-15-14-17-7-3-5-9-19(17)25(15)21-22-12-10-20(23-21)24-13-11-16-6-2-4-8-18(16)24/h2-10,12,15H,11,13-14H2,1H3. The highest BCUT2D eigenvalue weighted by Gasteiger charge is 2.29. The van der Waals surface area contributed by atoms with E-state index in [-0.39, 0.29) is 0 Å². The highest BCUT2D eigenvalue weighted by molar-refractivity contribution is 5.70. The summed E-state index contributed by atoms with van der Waals surface area (Å²) in [5.74, 6) is 1.77. The van der Waals surface area contributed by atoms with Crippen molar-refractivity contribution >= 4 is 23.1 Å². The predicted octanol–water partition coefficient (Wildman–Crippen LogP) is 4.25. The Kier molecular flexibility index (Phi) is 3.23. The molecule has 4 heteroatoms. The van der Waals surface area contributed by atoms with Gasteiger partial charge in [0.05, 0.1) is 0 Å². The van der Waals surface area contributed by atoms with Gasteiger partial charge in [-0.3, -0.25) is 0 Å². The second kappa shape index (κ2) is 5.59. The summed E-state index contributed by atoms with van der Waals surface area (Å²) in [6.07, 6.45) is 3.99. The van der Waals surface area contributed by atoms with Crippen LogP contribution in [0.3, 0.4) is 0 Å². The Balaban J connectivity index is 1.55. The zero-order valence-electron chi connectivity index (χ0n) is 14.3. The van der Waals surface area contributed by atoms with Crippen LogP contribution in [0.5, 0.6) is 0 Å². The van der Waals surface area contributed by atoms with E-state index in [0.717, 1.165) is 31.2 Å². The maximum absolute atomic E-state index is 4.93. The van der Waals surface area contributed by atoms with E-state index in [4.69, 9.17) is 4.98 Å². The molecule has 1 unspecified atom stereocenters. The maximum atomic E-state index is 4.93. The highest BCUT2D eigenvalue weighted by atomic mass is 15.3. The van der Waals surface area contributed by atoms with E-state index in [2.05, 4.69) is 70.2 Å². The van der Waals surface area contributed by atoms with Crippen molar-refractivity contribution in [3.8, 4) is 0 Å². The van der Waals surface area contributed by atoms with Crippen LogP contribution in [0.25, 0.3) is 0 Å². The molecule has 0 aliphatic carbocycles. The average molecular weight is 328 g/mol. The van der Waals surface area contributed by atoms with Crippen LogP contribution < -0.4 is 9.80 Å². The molecular weight excluding hydrogens is 308 g/mol. The lowest BCUT2D eigenvalue weighted by Crippen LogP contribution is -2.26. The van der Waals surface area contributed by atoms with Gasteiger partial charge < -0.3 is 9.80 Å². The van der Waals surface area contributed by atoms with E-state index in [1.807, 2.05) is 12.3 Å². The molecule has 0 fully saturated rings. The SMILES string of the molecule is CC1Cc2ccccc2N1c1nccc(N2CCc3ccccc32)n1. The Morgan fingerprint density at radius 3 is 2.56 bits per heavy atom. The summed E-state index contributed by atoms with van der Waals surface area (Å²) in [6, 6.07) is 19.5. The summed E-state index contributed by atoms with van der Waals surface area (Å²) in [4.78, 5) is 14.1. The molecule has 0 saturated heterocycles. The number of fused-ring (bicyclic) bond motifs is 2. The lowest BCUT2D eigenvalue weighted by molar-refractivity contribution is 0.739. The molecule has 1 atom stereocenters. The first kappa shape index (κ1) is 14.5. The zero-order valence-corrected chi connectivity index (χ0v) is 14.3. The van der Waals surface area contributed by atoms with Crippen LogP contribution in [0.4, 0.5) is 23.1 Å². The van der Waals surface area contributed by atoms with Crippen molar-refractivity contribution in [3.05, 3.63) is 71.9 Å². The Hall–Kier alpha value is -2.88. The second-order valence-corrected chi connectivity index (χ2v) is 6.80. The molecule has 0 N–H and O–H groups in total. The Labute approximate surface area is 147 Å². The largest absolute Gasteiger partial charge is 0.326 e. The third-order valence-electron chi connectivity index (χ3n) is 5.21. The van der Waals surface area contributed by atoms with Crippen molar-refractivity contribution in [2.45, 2.75) is 25.8 Å². The van der Waals surface area contributed by atoms with Gasteiger partial charge in [-0.15, -0.1) is 0 Å². The van der Waals surface area contributed by atoms with Crippen LogP contribution in [-0.4, -0.2) is 22.6 Å². The summed E-state index contributed by atoms with van der Waals surface area (Å²) in [5, 5.41) is 0. The zero-order chi connectivity index (χ0) is 16.8. The van der Waals surface area contributed by atoms with Gasteiger partial charge in [-0.2, -0.15) is 4.98 Å². The molecule has 0 spiro atoms. The molecule has 2 aliphatic heterocycles. The molecule has 2 aliphatic rings. The maximum Gasteiger partial charge on any atom is 0.232 e. The summed E-state index contributed by atoms with van der Waals surface area (Å²) in [6.45, 7) is 3.21. The lowest BCUT2D eigenvalue weighted by atomic mass is 10.1. The molecule has 2 aromatic carbocycles. The molecule has 5 rings (SSSR count). The van der Waals surface area contributed by atoms with Gasteiger partial charge in [0.25, 0.3) is 0 Å². The number of para-hydroxylation sites is 2. The van der Waals surface area contributed by atoms with Gasteiger partial charge in [0.15, 0.2) is 0 Å². The van der Waals surface area contributed by atoms with Gasteiger partial charge in [-0.25, -0.2) is 4.98 Å². The highest BCUT2D eigenvalue weighted by Crippen LogP contribution is 2.38. The van der Waals surface area contributed by atoms with Crippen molar-refractivity contribution in [2.75, 3.05) is 16.3 Å². The minimum absolute atomic E-state index is 0.374. The van der Waals surface area contributed by atoms with E-state index in [0.29, 0.717) is 6.04 Å². The first-order valence-corrected chi connectivity index (χ1v) is 8.87. The van der Waals surface area contributed by atoms with Crippen molar-refractivity contribution in [1.29, 1.82) is 0 Å². The van der Waals surface area contributed by atoms with E-state index in [1.54, 1.807) is 0 Å². The monoisotopic (exact) mass is 328 g/mol. The van der Waals surface area contributed by atoms with Gasteiger partial charge >= 0.3 is 0 Å². The molecule has 0 saturated carbocycles. The van der Waals surface area contributed by atoms with Gasteiger partial charge in [-0.05, 0) is 49.1 Å².